The Morgan fingerprint density at radius 2 is 1.65 bits per heavy atom. The minimum atomic E-state index is -0.404. The van der Waals surface area contributed by atoms with E-state index in [9.17, 15) is 15.0 Å². The minimum absolute atomic E-state index is 0.0186. The van der Waals surface area contributed by atoms with Gasteiger partial charge in [0.25, 0.3) is 0 Å². The standard InChI is InChI=1S/C19H20O4/c1-11(2)23-14-6-8-16(18(21)10-14)19(22)15-7-5-13(9-17(15)20)12-3-4-12/h5-12,20-21H,3-4H2,1-2H3. The molecule has 2 aromatic rings. The van der Waals surface area contributed by atoms with Gasteiger partial charge in [0, 0.05) is 6.07 Å². The zero-order valence-corrected chi connectivity index (χ0v) is 13.2. The molecule has 3 rings (SSSR count). The van der Waals surface area contributed by atoms with E-state index >= 15 is 0 Å². The Bertz CT molecular complexity index is 745. The quantitative estimate of drug-likeness (QED) is 0.819. The van der Waals surface area contributed by atoms with Gasteiger partial charge in [-0.15, -0.1) is 0 Å². The van der Waals surface area contributed by atoms with Crippen molar-refractivity contribution in [3.8, 4) is 17.2 Å². The topological polar surface area (TPSA) is 66.8 Å². The number of carbonyl (C=O) groups is 1. The molecule has 120 valence electrons. The van der Waals surface area contributed by atoms with Crippen molar-refractivity contribution in [2.45, 2.75) is 38.7 Å². The Morgan fingerprint density at radius 1 is 1.04 bits per heavy atom. The molecule has 0 unspecified atom stereocenters. The first-order valence-corrected chi connectivity index (χ1v) is 7.83. The molecule has 0 heterocycles. The third kappa shape index (κ3) is 3.31. The molecule has 2 N–H and O–H groups in total. The van der Waals surface area contributed by atoms with Crippen LogP contribution in [0.2, 0.25) is 0 Å². The molecular formula is C19H20O4. The molecule has 0 bridgehead atoms. The van der Waals surface area contributed by atoms with E-state index in [0.29, 0.717) is 11.7 Å². The fourth-order valence-electron chi connectivity index (χ4n) is 2.61. The molecule has 23 heavy (non-hydrogen) atoms. The molecule has 1 aliphatic carbocycles. The summed E-state index contributed by atoms with van der Waals surface area (Å²) in [6.07, 6.45) is 2.24. The summed E-state index contributed by atoms with van der Waals surface area (Å²) >= 11 is 0. The van der Waals surface area contributed by atoms with Crippen molar-refractivity contribution in [1.29, 1.82) is 0 Å². The predicted molar refractivity (Wildman–Crippen MR) is 87.4 cm³/mol. The van der Waals surface area contributed by atoms with E-state index in [1.807, 2.05) is 19.9 Å². The second kappa shape index (κ2) is 5.95. The normalized spacial score (nSPS) is 14.0. The summed E-state index contributed by atoms with van der Waals surface area (Å²) in [4.78, 5) is 12.6. The van der Waals surface area contributed by atoms with Gasteiger partial charge in [0.05, 0.1) is 17.2 Å². The van der Waals surface area contributed by atoms with Crippen LogP contribution in [0.15, 0.2) is 36.4 Å². The van der Waals surface area contributed by atoms with Crippen LogP contribution in [0.1, 0.15) is 54.1 Å². The molecular weight excluding hydrogens is 292 g/mol. The summed E-state index contributed by atoms with van der Waals surface area (Å²) in [6, 6.07) is 9.73. The van der Waals surface area contributed by atoms with Crippen LogP contribution in [0, 0.1) is 0 Å². The first-order chi connectivity index (χ1) is 11.0. The highest BCUT2D eigenvalue weighted by molar-refractivity contribution is 6.12. The monoisotopic (exact) mass is 312 g/mol. The number of carbonyl (C=O) groups excluding carboxylic acids is 1. The second-order valence-corrected chi connectivity index (χ2v) is 6.23. The molecule has 0 aliphatic heterocycles. The number of ketones is 1. The summed E-state index contributed by atoms with van der Waals surface area (Å²) < 4.78 is 5.49. The molecule has 1 saturated carbocycles. The van der Waals surface area contributed by atoms with Gasteiger partial charge in [-0.05, 0) is 62.4 Å². The van der Waals surface area contributed by atoms with E-state index in [2.05, 4.69) is 0 Å². The minimum Gasteiger partial charge on any atom is -0.507 e. The summed E-state index contributed by atoms with van der Waals surface area (Å²) in [5.74, 6) is 0.409. The van der Waals surface area contributed by atoms with Gasteiger partial charge < -0.3 is 14.9 Å². The molecule has 0 radical (unpaired) electrons. The van der Waals surface area contributed by atoms with Crippen LogP contribution >= 0.6 is 0 Å². The van der Waals surface area contributed by atoms with Crippen LogP contribution in [-0.4, -0.2) is 22.1 Å². The van der Waals surface area contributed by atoms with Gasteiger partial charge in [-0.3, -0.25) is 4.79 Å². The van der Waals surface area contributed by atoms with E-state index < -0.39 is 5.78 Å². The van der Waals surface area contributed by atoms with E-state index in [0.717, 1.165) is 18.4 Å². The zero-order chi connectivity index (χ0) is 16.6. The second-order valence-electron chi connectivity index (χ2n) is 6.23. The van der Waals surface area contributed by atoms with Crippen molar-refractivity contribution in [3.05, 3.63) is 53.1 Å². The van der Waals surface area contributed by atoms with Crippen molar-refractivity contribution in [2.24, 2.45) is 0 Å². The highest BCUT2D eigenvalue weighted by Crippen LogP contribution is 2.41. The lowest BCUT2D eigenvalue weighted by molar-refractivity contribution is 0.103. The van der Waals surface area contributed by atoms with Crippen LogP contribution in [0.3, 0.4) is 0 Å². The van der Waals surface area contributed by atoms with Gasteiger partial charge in [0.15, 0.2) is 5.78 Å². The Morgan fingerprint density at radius 3 is 2.17 bits per heavy atom. The van der Waals surface area contributed by atoms with Gasteiger partial charge in [0.1, 0.15) is 17.2 Å². The maximum absolute atomic E-state index is 12.6. The average molecular weight is 312 g/mol. The van der Waals surface area contributed by atoms with E-state index in [-0.39, 0.29) is 28.7 Å². The van der Waals surface area contributed by atoms with E-state index in [1.54, 1.807) is 18.2 Å². The van der Waals surface area contributed by atoms with E-state index in [1.165, 1.54) is 12.1 Å². The summed E-state index contributed by atoms with van der Waals surface area (Å²) in [7, 11) is 0. The van der Waals surface area contributed by atoms with E-state index in [4.69, 9.17) is 4.74 Å². The third-order valence-corrected chi connectivity index (χ3v) is 3.90. The van der Waals surface area contributed by atoms with Crippen LogP contribution in [-0.2, 0) is 0 Å². The molecule has 0 spiro atoms. The number of ether oxygens (including phenoxy) is 1. The SMILES string of the molecule is CC(C)Oc1ccc(C(=O)c2ccc(C3CC3)cc2O)c(O)c1. The summed E-state index contributed by atoms with van der Waals surface area (Å²) in [5.41, 5.74) is 1.40. The first kappa shape index (κ1) is 15.4. The third-order valence-electron chi connectivity index (χ3n) is 3.90. The number of phenolic OH excluding ortho intramolecular Hbond substituents is 2. The Hall–Kier alpha value is -2.49. The molecule has 4 heteroatoms. The average Bonchev–Trinajstić information content (AvgIpc) is 3.30. The van der Waals surface area contributed by atoms with Crippen LogP contribution in [0.4, 0.5) is 0 Å². The number of hydrogen-bond donors (Lipinski definition) is 2. The molecule has 0 amide bonds. The largest absolute Gasteiger partial charge is 0.507 e. The molecule has 0 atom stereocenters. The number of benzene rings is 2. The zero-order valence-electron chi connectivity index (χ0n) is 13.2. The number of rotatable bonds is 5. The summed E-state index contributed by atoms with van der Waals surface area (Å²) in [5, 5.41) is 20.2. The van der Waals surface area contributed by atoms with Crippen molar-refractivity contribution >= 4 is 5.78 Å². The van der Waals surface area contributed by atoms with Gasteiger partial charge in [-0.25, -0.2) is 0 Å². The van der Waals surface area contributed by atoms with Gasteiger partial charge in [-0.2, -0.15) is 0 Å². The van der Waals surface area contributed by atoms with Crippen LogP contribution in [0.25, 0.3) is 0 Å². The number of hydrogen-bond acceptors (Lipinski definition) is 4. The Kier molecular flexibility index (Phi) is 3.99. The molecule has 2 aromatic carbocycles. The lowest BCUT2D eigenvalue weighted by Gasteiger charge is -2.12. The highest BCUT2D eigenvalue weighted by Gasteiger charge is 2.25. The van der Waals surface area contributed by atoms with Crippen molar-refractivity contribution in [1.82, 2.24) is 0 Å². The predicted octanol–water partition coefficient (Wildman–Crippen LogP) is 3.99. The van der Waals surface area contributed by atoms with Crippen molar-refractivity contribution < 1.29 is 19.7 Å². The summed E-state index contributed by atoms with van der Waals surface area (Å²) in [6.45, 7) is 3.77. The lowest BCUT2D eigenvalue weighted by atomic mass is 9.99. The Labute approximate surface area is 135 Å². The maximum Gasteiger partial charge on any atom is 0.200 e. The maximum atomic E-state index is 12.6. The van der Waals surface area contributed by atoms with Crippen molar-refractivity contribution in [2.75, 3.05) is 0 Å². The molecule has 0 saturated heterocycles. The fraction of sp³-hybridized carbons (Fsp3) is 0.316. The van der Waals surface area contributed by atoms with Crippen molar-refractivity contribution in [3.63, 3.8) is 0 Å². The Balaban J connectivity index is 1.87. The highest BCUT2D eigenvalue weighted by atomic mass is 16.5. The number of phenols is 2. The lowest BCUT2D eigenvalue weighted by Crippen LogP contribution is -2.07. The van der Waals surface area contributed by atoms with Gasteiger partial charge >= 0.3 is 0 Å². The number of aromatic hydroxyl groups is 2. The fourth-order valence-corrected chi connectivity index (χ4v) is 2.61. The van der Waals surface area contributed by atoms with Crippen LogP contribution < -0.4 is 4.74 Å². The first-order valence-electron chi connectivity index (χ1n) is 7.83. The molecule has 1 aliphatic rings. The van der Waals surface area contributed by atoms with Gasteiger partial charge in [-0.1, -0.05) is 6.07 Å². The van der Waals surface area contributed by atoms with Crippen LogP contribution in [0.5, 0.6) is 17.2 Å². The molecule has 1 fully saturated rings. The molecule has 0 aromatic heterocycles. The molecule has 4 nitrogen and oxygen atoms in total. The van der Waals surface area contributed by atoms with Gasteiger partial charge in [0.2, 0.25) is 0 Å². The smallest absolute Gasteiger partial charge is 0.200 e.